The van der Waals surface area contributed by atoms with Crippen molar-refractivity contribution in [2.45, 2.75) is 18.6 Å². The molecular formula is C8H11FO4. The smallest absolute Gasteiger partial charge is 0.331 e. The first-order valence-corrected chi connectivity index (χ1v) is 3.92. The number of aliphatic carboxylic acids is 1. The summed E-state index contributed by atoms with van der Waals surface area (Å²) in [5.41, 5.74) is -0.0412. The Morgan fingerprint density at radius 3 is 2.69 bits per heavy atom. The second-order valence-electron chi connectivity index (χ2n) is 3.10. The summed E-state index contributed by atoms with van der Waals surface area (Å²) in [6, 6.07) is 0. The molecule has 5 heteroatoms. The molecule has 0 aromatic carbocycles. The number of hydrogen-bond acceptors (Lipinski definition) is 3. The fourth-order valence-corrected chi connectivity index (χ4v) is 1.36. The van der Waals surface area contributed by atoms with Gasteiger partial charge in [0.05, 0.1) is 18.9 Å². The van der Waals surface area contributed by atoms with Crippen LogP contribution in [-0.2, 0) is 4.79 Å². The van der Waals surface area contributed by atoms with Gasteiger partial charge in [-0.25, -0.2) is 4.79 Å². The molecule has 0 aromatic heterocycles. The Kier molecular flexibility index (Phi) is 3.00. The van der Waals surface area contributed by atoms with Crippen molar-refractivity contribution in [3.8, 4) is 0 Å². The average molecular weight is 190 g/mol. The summed E-state index contributed by atoms with van der Waals surface area (Å²) in [4.78, 5) is 10.5. The molecule has 0 aliphatic heterocycles. The quantitative estimate of drug-likeness (QED) is 0.559. The zero-order valence-corrected chi connectivity index (χ0v) is 6.85. The molecule has 0 fully saturated rings. The molecule has 0 saturated heterocycles. The Labute approximate surface area is 74.3 Å². The van der Waals surface area contributed by atoms with Crippen LogP contribution in [0.3, 0.4) is 0 Å². The molecule has 1 rings (SSSR count). The molecule has 0 saturated carbocycles. The van der Waals surface area contributed by atoms with Gasteiger partial charge in [-0.2, -0.15) is 0 Å². The van der Waals surface area contributed by atoms with Crippen LogP contribution in [0.15, 0.2) is 11.6 Å². The van der Waals surface area contributed by atoms with Gasteiger partial charge in [0.25, 0.3) is 0 Å². The average Bonchev–Trinajstić information content (AvgIpc) is 2.09. The third-order valence-electron chi connectivity index (χ3n) is 2.16. The SMILES string of the molecule is O=C(O)C1=CC(O)C(O)C(CF)C1. The minimum atomic E-state index is -1.28. The van der Waals surface area contributed by atoms with Gasteiger partial charge in [0.15, 0.2) is 0 Å². The lowest BCUT2D eigenvalue weighted by molar-refractivity contribution is -0.133. The summed E-state index contributed by atoms with van der Waals surface area (Å²) < 4.78 is 12.2. The van der Waals surface area contributed by atoms with Crippen LogP contribution < -0.4 is 0 Å². The summed E-state index contributed by atoms with van der Waals surface area (Å²) in [7, 11) is 0. The number of aliphatic hydroxyl groups is 2. The van der Waals surface area contributed by atoms with E-state index in [1.165, 1.54) is 0 Å². The number of rotatable bonds is 2. The standard InChI is InChI=1S/C8H11FO4/c9-3-5-1-4(8(12)13)2-6(10)7(5)11/h2,5-7,10-11H,1,3H2,(H,12,13). The van der Waals surface area contributed by atoms with Gasteiger partial charge in [-0.1, -0.05) is 0 Å². The summed E-state index contributed by atoms with van der Waals surface area (Å²) in [5.74, 6) is -1.99. The molecule has 13 heavy (non-hydrogen) atoms. The highest BCUT2D eigenvalue weighted by molar-refractivity contribution is 5.86. The van der Waals surface area contributed by atoms with Crippen LogP contribution in [0.5, 0.6) is 0 Å². The molecule has 3 unspecified atom stereocenters. The Balaban J connectivity index is 2.81. The van der Waals surface area contributed by atoms with Gasteiger partial charge in [0, 0.05) is 11.5 Å². The molecule has 0 heterocycles. The van der Waals surface area contributed by atoms with E-state index in [4.69, 9.17) is 10.2 Å². The van der Waals surface area contributed by atoms with Crippen LogP contribution in [0.25, 0.3) is 0 Å². The van der Waals surface area contributed by atoms with Crippen molar-refractivity contribution in [1.29, 1.82) is 0 Å². The molecule has 74 valence electrons. The Bertz CT molecular complexity index is 238. The topological polar surface area (TPSA) is 77.8 Å². The van der Waals surface area contributed by atoms with Crippen molar-refractivity contribution < 1.29 is 24.5 Å². The van der Waals surface area contributed by atoms with Gasteiger partial charge in [-0.15, -0.1) is 0 Å². The van der Waals surface area contributed by atoms with E-state index in [0.717, 1.165) is 6.08 Å². The van der Waals surface area contributed by atoms with Gasteiger partial charge >= 0.3 is 5.97 Å². The predicted molar refractivity (Wildman–Crippen MR) is 41.8 cm³/mol. The Morgan fingerprint density at radius 2 is 2.23 bits per heavy atom. The predicted octanol–water partition coefficient (Wildman–Crippen LogP) is -0.291. The molecule has 3 N–H and O–H groups in total. The molecule has 1 aliphatic carbocycles. The zero-order valence-electron chi connectivity index (χ0n) is 6.85. The molecule has 0 spiro atoms. The van der Waals surface area contributed by atoms with Crippen molar-refractivity contribution in [1.82, 2.24) is 0 Å². The maximum absolute atomic E-state index is 12.2. The summed E-state index contributed by atoms with van der Waals surface area (Å²) in [6.07, 6.45) is -1.46. The molecule has 0 aromatic rings. The monoisotopic (exact) mass is 190 g/mol. The minimum absolute atomic E-state index is 0.0376. The third kappa shape index (κ3) is 2.05. The van der Waals surface area contributed by atoms with Crippen LogP contribution in [0.2, 0.25) is 0 Å². The second-order valence-corrected chi connectivity index (χ2v) is 3.10. The third-order valence-corrected chi connectivity index (χ3v) is 2.16. The first-order valence-electron chi connectivity index (χ1n) is 3.92. The number of carboxylic acid groups (broad SMARTS) is 1. The van der Waals surface area contributed by atoms with E-state index in [1.54, 1.807) is 0 Å². The molecular weight excluding hydrogens is 179 g/mol. The lowest BCUT2D eigenvalue weighted by atomic mass is 9.85. The lowest BCUT2D eigenvalue weighted by Crippen LogP contribution is -2.38. The molecule has 0 bridgehead atoms. The Morgan fingerprint density at radius 1 is 1.62 bits per heavy atom. The van der Waals surface area contributed by atoms with Crippen LogP contribution >= 0.6 is 0 Å². The maximum atomic E-state index is 12.2. The van der Waals surface area contributed by atoms with Crippen molar-refractivity contribution in [2.75, 3.05) is 6.67 Å². The van der Waals surface area contributed by atoms with Crippen molar-refractivity contribution in [3.63, 3.8) is 0 Å². The highest BCUT2D eigenvalue weighted by atomic mass is 19.1. The summed E-state index contributed by atoms with van der Waals surface area (Å²) >= 11 is 0. The molecule has 1 aliphatic rings. The molecule has 0 radical (unpaired) electrons. The number of halogens is 1. The fourth-order valence-electron chi connectivity index (χ4n) is 1.36. The highest BCUT2D eigenvalue weighted by Gasteiger charge is 2.32. The molecule has 4 nitrogen and oxygen atoms in total. The van der Waals surface area contributed by atoms with Crippen LogP contribution in [0, 0.1) is 5.92 Å². The van der Waals surface area contributed by atoms with Gasteiger partial charge in [-0.05, 0) is 12.5 Å². The van der Waals surface area contributed by atoms with E-state index in [0.29, 0.717) is 0 Å². The van der Waals surface area contributed by atoms with Crippen molar-refractivity contribution in [3.05, 3.63) is 11.6 Å². The number of hydrogen-bond donors (Lipinski definition) is 3. The van der Waals surface area contributed by atoms with E-state index < -0.39 is 30.8 Å². The van der Waals surface area contributed by atoms with Crippen LogP contribution in [-0.4, -0.2) is 40.2 Å². The highest BCUT2D eigenvalue weighted by Crippen LogP contribution is 2.25. The summed E-state index contributed by atoms with van der Waals surface area (Å²) in [6.45, 7) is -0.831. The number of aliphatic hydroxyl groups excluding tert-OH is 2. The molecule has 0 amide bonds. The maximum Gasteiger partial charge on any atom is 0.331 e. The van der Waals surface area contributed by atoms with Crippen molar-refractivity contribution >= 4 is 5.97 Å². The number of alkyl halides is 1. The van der Waals surface area contributed by atoms with Crippen LogP contribution in [0.4, 0.5) is 4.39 Å². The number of carboxylic acids is 1. The zero-order chi connectivity index (χ0) is 10.0. The van der Waals surface area contributed by atoms with Crippen molar-refractivity contribution in [2.24, 2.45) is 5.92 Å². The lowest BCUT2D eigenvalue weighted by Gasteiger charge is -2.27. The number of carbonyl (C=O) groups is 1. The van der Waals surface area contributed by atoms with E-state index in [1.807, 2.05) is 0 Å². The van der Waals surface area contributed by atoms with E-state index >= 15 is 0 Å². The second kappa shape index (κ2) is 3.85. The largest absolute Gasteiger partial charge is 0.478 e. The molecule has 3 atom stereocenters. The normalized spacial score (nSPS) is 34.1. The first-order chi connectivity index (χ1) is 6.06. The van der Waals surface area contributed by atoms with Gasteiger partial charge in [0.2, 0.25) is 0 Å². The van der Waals surface area contributed by atoms with Gasteiger partial charge in [-0.3, -0.25) is 4.39 Å². The van der Waals surface area contributed by atoms with E-state index in [2.05, 4.69) is 0 Å². The van der Waals surface area contributed by atoms with Crippen LogP contribution in [0.1, 0.15) is 6.42 Å². The fraction of sp³-hybridized carbons (Fsp3) is 0.625. The summed E-state index contributed by atoms with van der Waals surface area (Å²) in [5, 5.41) is 26.9. The Hall–Kier alpha value is -0.940. The first kappa shape index (κ1) is 10.1. The van der Waals surface area contributed by atoms with E-state index in [-0.39, 0.29) is 12.0 Å². The van der Waals surface area contributed by atoms with Gasteiger partial charge in [0.1, 0.15) is 0 Å². The van der Waals surface area contributed by atoms with E-state index in [9.17, 15) is 14.3 Å². The minimum Gasteiger partial charge on any atom is -0.478 e. The van der Waals surface area contributed by atoms with Gasteiger partial charge < -0.3 is 15.3 Å².